The molecule has 0 atom stereocenters. The molecule has 2 rings (SSSR count). The van der Waals surface area contributed by atoms with Gasteiger partial charge in [0.2, 0.25) is 0 Å². The van der Waals surface area contributed by atoms with Gasteiger partial charge in [0.15, 0.2) is 11.5 Å². The average molecular weight is 316 g/mol. The lowest BCUT2D eigenvalue weighted by Crippen LogP contribution is -2.17. The van der Waals surface area contributed by atoms with Crippen LogP contribution in [0.5, 0.6) is 23.0 Å². The van der Waals surface area contributed by atoms with Gasteiger partial charge >= 0.3 is 0 Å². The summed E-state index contributed by atoms with van der Waals surface area (Å²) < 4.78 is 10.2. The predicted molar refractivity (Wildman–Crippen MR) is 84.4 cm³/mol. The first-order valence-electron chi connectivity index (χ1n) is 6.62. The van der Waals surface area contributed by atoms with Gasteiger partial charge in [-0.2, -0.15) is 5.10 Å². The number of nitrogens with one attached hydrogen (secondary N) is 1. The first-order chi connectivity index (χ1) is 11.0. The van der Waals surface area contributed by atoms with Crippen molar-refractivity contribution < 1.29 is 24.5 Å². The highest BCUT2D eigenvalue weighted by atomic mass is 16.5. The molecule has 120 valence electrons. The molecule has 0 unspecified atom stereocenters. The Hall–Kier alpha value is -3.22. The van der Waals surface area contributed by atoms with Gasteiger partial charge in [-0.05, 0) is 30.3 Å². The molecule has 0 aliphatic carbocycles. The molecule has 0 aromatic heterocycles. The Kier molecular flexibility index (Phi) is 5.03. The lowest BCUT2D eigenvalue weighted by molar-refractivity contribution is 0.0954. The third-order valence-corrected chi connectivity index (χ3v) is 3.03. The summed E-state index contributed by atoms with van der Waals surface area (Å²) in [5.74, 6) is 0.297. The summed E-state index contributed by atoms with van der Waals surface area (Å²) in [6.45, 7) is 0. The minimum atomic E-state index is -0.444. The van der Waals surface area contributed by atoms with E-state index in [1.807, 2.05) is 0 Å². The number of aromatic hydroxyl groups is 2. The number of rotatable bonds is 5. The number of hydrazone groups is 1. The summed E-state index contributed by atoms with van der Waals surface area (Å²) in [7, 11) is 2.98. The second kappa shape index (κ2) is 7.17. The van der Waals surface area contributed by atoms with Crippen LogP contribution in [0, 0.1) is 0 Å². The van der Waals surface area contributed by atoms with E-state index in [9.17, 15) is 15.0 Å². The molecule has 0 heterocycles. The number of benzene rings is 2. The van der Waals surface area contributed by atoms with Crippen LogP contribution in [-0.4, -0.2) is 36.6 Å². The molecule has 0 spiro atoms. The maximum Gasteiger partial charge on any atom is 0.271 e. The molecule has 0 fully saturated rings. The molecular weight excluding hydrogens is 300 g/mol. The Bertz CT molecular complexity index is 743. The standard InChI is InChI=1S/C16H16N2O5/c1-22-14-6-4-10(7-15(14)23-2)16(21)18-17-9-11-3-5-12(19)8-13(11)20/h3-9,19-20H,1-2H3,(H,18,21)/b17-9-. The van der Waals surface area contributed by atoms with E-state index in [-0.39, 0.29) is 11.5 Å². The molecular formula is C16H16N2O5. The smallest absolute Gasteiger partial charge is 0.271 e. The van der Waals surface area contributed by atoms with Crippen molar-refractivity contribution in [3.63, 3.8) is 0 Å². The van der Waals surface area contributed by atoms with Crippen molar-refractivity contribution >= 4 is 12.1 Å². The lowest BCUT2D eigenvalue weighted by atomic mass is 10.2. The summed E-state index contributed by atoms with van der Waals surface area (Å²) in [5.41, 5.74) is 3.04. The van der Waals surface area contributed by atoms with Gasteiger partial charge < -0.3 is 19.7 Å². The number of carbonyl (C=O) groups excluding carboxylic acids is 1. The Morgan fingerprint density at radius 3 is 2.48 bits per heavy atom. The quantitative estimate of drug-likeness (QED) is 0.577. The normalized spacial score (nSPS) is 10.5. The Balaban J connectivity index is 2.08. The number of carbonyl (C=O) groups is 1. The molecule has 0 saturated carbocycles. The van der Waals surface area contributed by atoms with Gasteiger partial charge in [0.05, 0.1) is 20.4 Å². The summed E-state index contributed by atoms with van der Waals surface area (Å²) in [4.78, 5) is 12.0. The van der Waals surface area contributed by atoms with E-state index in [4.69, 9.17) is 9.47 Å². The van der Waals surface area contributed by atoms with Crippen molar-refractivity contribution in [3.8, 4) is 23.0 Å². The van der Waals surface area contributed by atoms with Crippen LogP contribution < -0.4 is 14.9 Å². The molecule has 1 amide bonds. The molecule has 7 heteroatoms. The molecule has 0 bridgehead atoms. The van der Waals surface area contributed by atoms with Crippen LogP contribution in [-0.2, 0) is 0 Å². The van der Waals surface area contributed by atoms with Crippen molar-refractivity contribution in [2.45, 2.75) is 0 Å². The van der Waals surface area contributed by atoms with Crippen LogP contribution in [0.3, 0.4) is 0 Å². The molecule has 0 saturated heterocycles. The fourth-order valence-electron chi connectivity index (χ4n) is 1.84. The zero-order valence-electron chi connectivity index (χ0n) is 12.6. The van der Waals surface area contributed by atoms with Gasteiger partial charge in [-0.3, -0.25) is 4.79 Å². The van der Waals surface area contributed by atoms with Crippen LogP contribution in [0.4, 0.5) is 0 Å². The highest BCUT2D eigenvalue weighted by Gasteiger charge is 2.10. The van der Waals surface area contributed by atoms with E-state index in [0.29, 0.717) is 22.6 Å². The van der Waals surface area contributed by atoms with Gasteiger partial charge in [-0.25, -0.2) is 5.43 Å². The molecule has 7 nitrogen and oxygen atoms in total. The van der Waals surface area contributed by atoms with Gasteiger partial charge in [0, 0.05) is 17.2 Å². The first-order valence-corrected chi connectivity index (χ1v) is 6.62. The lowest BCUT2D eigenvalue weighted by Gasteiger charge is -2.08. The van der Waals surface area contributed by atoms with Gasteiger partial charge in [-0.15, -0.1) is 0 Å². The zero-order chi connectivity index (χ0) is 16.8. The number of hydrogen-bond donors (Lipinski definition) is 3. The van der Waals surface area contributed by atoms with E-state index in [1.54, 1.807) is 12.1 Å². The largest absolute Gasteiger partial charge is 0.508 e. The summed E-state index contributed by atoms with van der Waals surface area (Å²) in [6, 6.07) is 8.76. The predicted octanol–water partition coefficient (Wildman–Crippen LogP) is 1.88. The van der Waals surface area contributed by atoms with Crippen LogP contribution >= 0.6 is 0 Å². The fourth-order valence-corrected chi connectivity index (χ4v) is 1.84. The fraction of sp³-hybridized carbons (Fsp3) is 0.125. The van der Waals surface area contributed by atoms with Crippen LogP contribution in [0.2, 0.25) is 0 Å². The zero-order valence-corrected chi connectivity index (χ0v) is 12.6. The van der Waals surface area contributed by atoms with Gasteiger partial charge in [0.25, 0.3) is 5.91 Å². The van der Waals surface area contributed by atoms with Crippen molar-refractivity contribution in [1.29, 1.82) is 0 Å². The Morgan fingerprint density at radius 1 is 1.09 bits per heavy atom. The van der Waals surface area contributed by atoms with Gasteiger partial charge in [0.1, 0.15) is 11.5 Å². The summed E-state index contributed by atoms with van der Waals surface area (Å²) in [6.07, 6.45) is 1.27. The molecule has 2 aromatic rings. The number of phenolic OH excluding ortho intramolecular Hbond substituents is 2. The molecule has 23 heavy (non-hydrogen) atoms. The van der Waals surface area contributed by atoms with Crippen LogP contribution in [0.1, 0.15) is 15.9 Å². The van der Waals surface area contributed by atoms with E-state index in [1.165, 1.54) is 44.7 Å². The highest BCUT2D eigenvalue weighted by molar-refractivity contribution is 5.95. The Labute approximate surface area is 132 Å². The molecule has 0 aliphatic heterocycles. The SMILES string of the molecule is COc1ccc(C(=O)N/N=C\c2ccc(O)cc2O)cc1OC. The van der Waals surface area contributed by atoms with E-state index >= 15 is 0 Å². The maximum absolute atomic E-state index is 12.0. The third kappa shape index (κ3) is 3.91. The molecule has 2 aromatic carbocycles. The topological polar surface area (TPSA) is 100 Å². The minimum Gasteiger partial charge on any atom is -0.508 e. The molecule has 0 radical (unpaired) electrons. The van der Waals surface area contributed by atoms with Crippen LogP contribution in [0.15, 0.2) is 41.5 Å². The van der Waals surface area contributed by atoms with E-state index in [2.05, 4.69) is 10.5 Å². The third-order valence-electron chi connectivity index (χ3n) is 3.03. The van der Waals surface area contributed by atoms with Crippen LogP contribution in [0.25, 0.3) is 0 Å². The number of hydrogen-bond acceptors (Lipinski definition) is 6. The molecule has 0 aliphatic rings. The number of nitrogens with zero attached hydrogens (tertiary/aromatic N) is 1. The number of amides is 1. The maximum atomic E-state index is 12.0. The molecule has 3 N–H and O–H groups in total. The van der Waals surface area contributed by atoms with Crippen molar-refractivity contribution in [1.82, 2.24) is 5.43 Å². The second-order valence-electron chi connectivity index (χ2n) is 4.51. The summed E-state index contributed by atoms with van der Waals surface area (Å²) in [5, 5.41) is 22.6. The highest BCUT2D eigenvalue weighted by Crippen LogP contribution is 2.27. The van der Waals surface area contributed by atoms with Crippen molar-refractivity contribution in [2.24, 2.45) is 5.10 Å². The number of ether oxygens (including phenoxy) is 2. The first kappa shape index (κ1) is 16.2. The second-order valence-corrected chi connectivity index (χ2v) is 4.51. The minimum absolute atomic E-state index is 0.0611. The van der Waals surface area contributed by atoms with E-state index in [0.717, 1.165) is 0 Å². The van der Waals surface area contributed by atoms with Crippen molar-refractivity contribution in [3.05, 3.63) is 47.5 Å². The van der Waals surface area contributed by atoms with Crippen molar-refractivity contribution in [2.75, 3.05) is 14.2 Å². The monoisotopic (exact) mass is 316 g/mol. The number of methoxy groups -OCH3 is 2. The number of phenols is 2. The average Bonchev–Trinajstić information content (AvgIpc) is 2.56. The van der Waals surface area contributed by atoms with Gasteiger partial charge in [-0.1, -0.05) is 0 Å². The Morgan fingerprint density at radius 2 is 1.83 bits per heavy atom. The summed E-state index contributed by atoms with van der Waals surface area (Å²) >= 11 is 0. The van der Waals surface area contributed by atoms with E-state index < -0.39 is 5.91 Å².